The van der Waals surface area contributed by atoms with Crippen molar-refractivity contribution in [3.05, 3.63) is 42.1 Å². The third kappa shape index (κ3) is 3.53. The van der Waals surface area contributed by atoms with Gasteiger partial charge >= 0.3 is 0 Å². The number of carbonyl (C=O) groups excluding carboxylic acids is 1. The lowest BCUT2D eigenvalue weighted by atomic mass is 10.2. The predicted molar refractivity (Wildman–Crippen MR) is 71.9 cm³/mol. The Morgan fingerprint density at radius 2 is 2.06 bits per heavy atom. The van der Waals surface area contributed by atoms with Gasteiger partial charge in [-0.15, -0.1) is 0 Å². The quantitative estimate of drug-likeness (QED) is 0.757. The molecule has 0 radical (unpaired) electrons. The zero-order valence-corrected chi connectivity index (χ0v) is 10.2. The van der Waals surface area contributed by atoms with Gasteiger partial charge in [-0.3, -0.25) is 9.78 Å². The standard InChI is InChI=1S/C14H17N3O/c15-14(18)6-3-9-16-10-12-8-7-11-4-1-2-5-13(11)17-12/h1-2,4-5,7-8,16H,3,6,9-10H2,(H2,15,18). The second-order valence-electron chi connectivity index (χ2n) is 4.24. The number of hydrogen-bond donors (Lipinski definition) is 2. The largest absolute Gasteiger partial charge is 0.370 e. The Hall–Kier alpha value is -1.94. The lowest BCUT2D eigenvalue weighted by Gasteiger charge is -2.04. The van der Waals surface area contributed by atoms with Crippen LogP contribution in [0, 0.1) is 0 Å². The number of fused-ring (bicyclic) bond motifs is 1. The van der Waals surface area contributed by atoms with E-state index < -0.39 is 0 Å². The molecule has 0 aliphatic heterocycles. The number of rotatable bonds is 6. The molecule has 2 rings (SSSR count). The summed E-state index contributed by atoms with van der Waals surface area (Å²) in [6.45, 7) is 1.49. The molecule has 1 heterocycles. The third-order valence-electron chi connectivity index (χ3n) is 2.74. The lowest BCUT2D eigenvalue weighted by Crippen LogP contribution is -2.18. The van der Waals surface area contributed by atoms with Gasteiger partial charge in [0.25, 0.3) is 0 Å². The van der Waals surface area contributed by atoms with Crippen LogP contribution in [0.3, 0.4) is 0 Å². The van der Waals surface area contributed by atoms with Crippen molar-refractivity contribution in [2.45, 2.75) is 19.4 Å². The summed E-state index contributed by atoms with van der Waals surface area (Å²) in [5.41, 5.74) is 7.08. The van der Waals surface area contributed by atoms with E-state index in [1.54, 1.807) is 0 Å². The van der Waals surface area contributed by atoms with Crippen molar-refractivity contribution >= 4 is 16.8 Å². The summed E-state index contributed by atoms with van der Waals surface area (Å²) in [7, 11) is 0. The van der Waals surface area contributed by atoms with Crippen LogP contribution in [-0.2, 0) is 11.3 Å². The van der Waals surface area contributed by atoms with Gasteiger partial charge in [0.2, 0.25) is 5.91 Å². The molecule has 4 heteroatoms. The van der Waals surface area contributed by atoms with Crippen LogP contribution in [0.4, 0.5) is 0 Å². The molecule has 1 aromatic carbocycles. The molecule has 0 fully saturated rings. The second-order valence-corrected chi connectivity index (χ2v) is 4.24. The molecule has 0 aliphatic rings. The summed E-state index contributed by atoms with van der Waals surface area (Å²) >= 11 is 0. The Bertz CT molecular complexity index is 539. The number of pyridine rings is 1. The molecule has 1 aromatic heterocycles. The molecule has 1 amide bonds. The molecule has 0 atom stereocenters. The smallest absolute Gasteiger partial charge is 0.217 e. The highest BCUT2D eigenvalue weighted by Crippen LogP contribution is 2.11. The first kappa shape index (κ1) is 12.5. The molecule has 0 saturated carbocycles. The molecule has 0 spiro atoms. The van der Waals surface area contributed by atoms with Crippen molar-refractivity contribution in [2.75, 3.05) is 6.54 Å². The number of nitrogens with zero attached hydrogens (tertiary/aromatic N) is 1. The number of amides is 1. The monoisotopic (exact) mass is 243 g/mol. The summed E-state index contributed by atoms with van der Waals surface area (Å²) < 4.78 is 0. The summed E-state index contributed by atoms with van der Waals surface area (Å²) in [6, 6.07) is 12.1. The number of hydrogen-bond acceptors (Lipinski definition) is 3. The van der Waals surface area contributed by atoms with Crippen LogP contribution >= 0.6 is 0 Å². The first-order chi connectivity index (χ1) is 8.75. The molecule has 4 nitrogen and oxygen atoms in total. The predicted octanol–water partition coefficient (Wildman–Crippen LogP) is 1.59. The number of nitrogens with one attached hydrogen (secondary N) is 1. The van der Waals surface area contributed by atoms with Gasteiger partial charge < -0.3 is 11.1 Å². The summed E-state index contributed by atoms with van der Waals surface area (Å²) in [5, 5.41) is 4.40. The summed E-state index contributed by atoms with van der Waals surface area (Å²) in [4.78, 5) is 15.1. The highest BCUT2D eigenvalue weighted by atomic mass is 16.1. The van der Waals surface area contributed by atoms with E-state index in [9.17, 15) is 4.79 Å². The van der Waals surface area contributed by atoms with Crippen LogP contribution < -0.4 is 11.1 Å². The topological polar surface area (TPSA) is 68.0 Å². The van der Waals surface area contributed by atoms with Gasteiger partial charge in [0.1, 0.15) is 0 Å². The molecule has 2 aromatic rings. The normalized spacial score (nSPS) is 10.7. The SMILES string of the molecule is NC(=O)CCCNCc1ccc2ccccc2n1. The Kier molecular flexibility index (Phi) is 4.25. The Labute approximate surface area is 106 Å². The van der Waals surface area contributed by atoms with Gasteiger partial charge in [-0.25, -0.2) is 0 Å². The van der Waals surface area contributed by atoms with Crippen molar-refractivity contribution < 1.29 is 4.79 Å². The van der Waals surface area contributed by atoms with Gasteiger partial charge in [0, 0.05) is 18.4 Å². The van der Waals surface area contributed by atoms with Crippen LogP contribution in [0.25, 0.3) is 10.9 Å². The van der Waals surface area contributed by atoms with E-state index in [0.29, 0.717) is 13.0 Å². The second kappa shape index (κ2) is 6.12. The molecule has 18 heavy (non-hydrogen) atoms. The number of aromatic nitrogens is 1. The summed E-state index contributed by atoms with van der Waals surface area (Å²) in [6.07, 6.45) is 1.20. The van der Waals surface area contributed by atoms with Gasteiger partial charge in [-0.05, 0) is 25.1 Å². The Morgan fingerprint density at radius 3 is 2.89 bits per heavy atom. The molecule has 94 valence electrons. The maximum atomic E-state index is 10.6. The van der Waals surface area contributed by atoms with E-state index in [-0.39, 0.29) is 5.91 Å². The Balaban J connectivity index is 1.86. The minimum absolute atomic E-state index is 0.249. The highest BCUT2D eigenvalue weighted by molar-refractivity contribution is 5.78. The third-order valence-corrected chi connectivity index (χ3v) is 2.74. The van der Waals surface area contributed by atoms with Crippen LogP contribution in [0.5, 0.6) is 0 Å². The maximum Gasteiger partial charge on any atom is 0.217 e. The molecule has 0 bridgehead atoms. The number of benzene rings is 1. The number of carbonyl (C=O) groups is 1. The summed E-state index contributed by atoms with van der Waals surface area (Å²) in [5.74, 6) is -0.249. The van der Waals surface area contributed by atoms with E-state index in [2.05, 4.69) is 16.4 Å². The molecule has 3 N–H and O–H groups in total. The minimum atomic E-state index is -0.249. The first-order valence-electron chi connectivity index (χ1n) is 6.09. The number of para-hydroxylation sites is 1. The highest BCUT2D eigenvalue weighted by Gasteiger charge is 1.98. The molecular weight excluding hydrogens is 226 g/mol. The van der Waals surface area contributed by atoms with E-state index >= 15 is 0 Å². The molecule has 0 aliphatic carbocycles. The van der Waals surface area contributed by atoms with Crippen LogP contribution in [0.15, 0.2) is 36.4 Å². The molecule has 0 unspecified atom stereocenters. The van der Waals surface area contributed by atoms with Crippen LogP contribution in [-0.4, -0.2) is 17.4 Å². The zero-order valence-electron chi connectivity index (χ0n) is 10.2. The van der Waals surface area contributed by atoms with Gasteiger partial charge in [0.15, 0.2) is 0 Å². The van der Waals surface area contributed by atoms with Gasteiger partial charge in [0.05, 0.1) is 11.2 Å². The van der Waals surface area contributed by atoms with Crippen LogP contribution in [0.2, 0.25) is 0 Å². The van der Waals surface area contributed by atoms with Gasteiger partial charge in [-0.2, -0.15) is 0 Å². The number of primary amides is 1. The van der Waals surface area contributed by atoms with Crippen molar-refractivity contribution in [2.24, 2.45) is 5.73 Å². The van der Waals surface area contributed by atoms with E-state index in [1.807, 2.05) is 30.3 Å². The first-order valence-corrected chi connectivity index (χ1v) is 6.09. The van der Waals surface area contributed by atoms with E-state index in [1.165, 1.54) is 0 Å². The zero-order chi connectivity index (χ0) is 12.8. The lowest BCUT2D eigenvalue weighted by molar-refractivity contribution is -0.118. The van der Waals surface area contributed by atoms with E-state index in [4.69, 9.17) is 5.73 Å². The Morgan fingerprint density at radius 1 is 1.22 bits per heavy atom. The van der Waals surface area contributed by atoms with E-state index in [0.717, 1.165) is 29.6 Å². The molecule has 0 saturated heterocycles. The molecular formula is C14H17N3O. The maximum absolute atomic E-state index is 10.6. The van der Waals surface area contributed by atoms with Gasteiger partial charge in [-0.1, -0.05) is 24.3 Å². The fourth-order valence-electron chi connectivity index (χ4n) is 1.81. The fraction of sp³-hybridized carbons (Fsp3) is 0.286. The average molecular weight is 243 g/mol. The minimum Gasteiger partial charge on any atom is -0.370 e. The van der Waals surface area contributed by atoms with Crippen molar-refractivity contribution in [3.63, 3.8) is 0 Å². The van der Waals surface area contributed by atoms with Crippen molar-refractivity contribution in [3.8, 4) is 0 Å². The fourth-order valence-corrected chi connectivity index (χ4v) is 1.81. The van der Waals surface area contributed by atoms with Crippen molar-refractivity contribution in [1.82, 2.24) is 10.3 Å². The number of nitrogens with two attached hydrogens (primary N) is 1. The van der Waals surface area contributed by atoms with Crippen LogP contribution in [0.1, 0.15) is 18.5 Å². The van der Waals surface area contributed by atoms with Crippen molar-refractivity contribution in [1.29, 1.82) is 0 Å². The average Bonchev–Trinajstić information content (AvgIpc) is 2.38.